The Kier molecular flexibility index (Phi) is 8.10. The Labute approximate surface area is 160 Å². The fourth-order valence-electron chi connectivity index (χ4n) is 2.60. The van der Waals surface area contributed by atoms with Crippen molar-refractivity contribution in [3.63, 3.8) is 0 Å². The van der Waals surface area contributed by atoms with Crippen LogP contribution in [0.2, 0.25) is 0 Å². The molecule has 2 N–H and O–H groups in total. The molecule has 27 heavy (non-hydrogen) atoms. The number of hydrogen-bond donors (Lipinski definition) is 2. The van der Waals surface area contributed by atoms with Crippen molar-refractivity contribution in [2.75, 3.05) is 13.1 Å². The second kappa shape index (κ2) is 10.5. The summed E-state index contributed by atoms with van der Waals surface area (Å²) in [5.41, 5.74) is 0. The van der Waals surface area contributed by atoms with E-state index in [0.717, 1.165) is 18.9 Å². The van der Waals surface area contributed by atoms with E-state index in [2.05, 4.69) is 39.0 Å². The molecule has 2 aromatic rings. The monoisotopic (exact) mass is 375 g/mol. The smallest absolute Gasteiger partial charge is 0.191 e. The van der Waals surface area contributed by atoms with E-state index in [9.17, 15) is 4.39 Å². The molecule has 1 aromatic carbocycles. The Bertz CT molecular complexity index is 729. The van der Waals surface area contributed by atoms with Gasteiger partial charge >= 0.3 is 0 Å². The fraction of sp³-hybridized carbons (Fsp3) is 0.500. The summed E-state index contributed by atoms with van der Waals surface area (Å²) >= 11 is 0. The molecular weight excluding hydrogens is 345 g/mol. The second-order valence-corrected chi connectivity index (χ2v) is 6.85. The van der Waals surface area contributed by atoms with Gasteiger partial charge < -0.3 is 19.9 Å². The molecule has 0 aliphatic rings. The molecule has 0 radical (unpaired) electrons. The highest BCUT2D eigenvalue weighted by Crippen LogP contribution is 2.13. The molecule has 0 spiro atoms. The predicted octanol–water partition coefficient (Wildman–Crippen LogP) is 3.20. The minimum atomic E-state index is -0.306. The normalized spacial score (nSPS) is 12.9. The molecule has 1 unspecified atom stereocenters. The first-order valence-electron chi connectivity index (χ1n) is 9.42. The maximum absolute atomic E-state index is 13.2. The molecule has 0 saturated heterocycles. The van der Waals surface area contributed by atoms with Gasteiger partial charge in [-0.1, -0.05) is 19.9 Å². The summed E-state index contributed by atoms with van der Waals surface area (Å²) in [6, 6.07) is 6.16. The van der Waals surface area contributed by atoms with Gasteiger partial charge in [0.1, 0.15) is 30.0 Å². The molecule has 1 atom stereocenters. The van der Waals surface area contributed by atoms with E-state index in [1.807, 2.05) is 26.2 Å². The number of nitrogens with zero attached hydrogens (tertiary/aromatic N) is 3. The summed E-state index contributed by atoms with van der Waals surface area (Å²) in [4.78, 5) is 9.01. The van der Waals surface area contributed by atoms with Crippen LogP contribution < -0.4 is 15.4 Å². The first-order valence-corrected chi connectivity index (χ1v) is 9.42. The van der Waals surface area contributed by atoms with Crippen molar-refractivity contribution in [2.24, 2.45) is 10.9 Å². The minimum Gasteiger partial charge on any atom is -0.489 e. The second-order valence-electron chi connectivity index (χ2n) is 6.85. The number of halogens is 1. The minimum absolute atomic E-state index is 0.140. The molecule has 148 valence electrons. The van der Waals surface area contributed by atoms with Crippen molar-refractivity contribution in [1.82, 2.24) is 20.2 Å². The van der Waals surface area contributed by atoms with Crippen LogP contribution in [0.3, 0.4) is 0 Å². The number of guanidine groups is 1. The molecule has 2 rings (SSSR count). The highest BCUT2D eigenvalue weighted by molar-refractivity contribution is 5.79. The highest BCUT2D eigenvalue weighted by atomic mass is 19.1. The van der Waals surface area contributed by atoms with Crippen molar-refractivity contribution in [3.8, 4) is 5.75 Å². The molecule has 0 aliphatic carbocycles. The summed E-state index contributed by atoms with van der Waals surface area (Å²) in [6.45, 7) is 11.0. The lowest BCUT2D eigenvalue weighted by Gasteiger charge is -2.18. The number of ether oxygens (including phenoxy) is 1. The van der Waals surface area contributed by atoms with Crippen LogP contribution in [0.5, 0.6) is 5.75 Å². The molecular formula is C20H30FN5O. The molecule has 1 heterocycles. The van der Waals surface area contributed by atoms with Gasteiger partial charge in [0.25, 0.3) is 0 Å². The van der Waals surface area contributed by atoms with Gasteiger partial charge in [-0.3, -0.25) is 0 Å². The molecule has 0 bridgehead atoms. The summed E-state index contributed by atoms with van der Waals surface area (Å²) in [7, 11) is 0. The first-order chi connectivity index (χ1) is 13.0. The average Bonchev–Trinajstić information content (AvgIpc) is 3.03. The van der Waals surface area contributed by atoms with Crippen LogP contribution in [0.25, 0.3) is 0 Å². The van der Waals surface area contributed by atoms with E-state index in [0.29, 0.717) is 30.7 Å². The Morgan fingerprint density at radius 3 is 2.81 bits per heavy atom. The van der Waals surface area contributed by atoms with Gasteiger partial charge in [0.15, 0.2) is 5.96 Å². The number of nitrogens with one attached hydrogen (secondary N) is 2. The molecule has 0 amide bonds. The molecule has 0 aliphatic heterocycles. The van der Waals surface area contributed by atoms with Crippen molar-refractivity contribution < 1.29 is 9.13 Å². The molecule has 6 nitrogen and oxygen atoms in total. The summed E-state index contributed by atoms with van der Waals surface area (Å²) in [6.07, 6.45) is 3.65. The number of imidazole rings is 1. The van der Waals surface area contributed by atoms with E-state index >= 15 is 0 Å². The van der Waals surface area contributed by atoms with Crippen molar-refractivity contribution in [1.29, 1.82) is 0 Å². The highest BCUT2D eigenvalue weighted by Gasteiger charge is 2.08. The third-order valence-corrected chi connectivity index (χ3v) is 3.78. The van der Waals surface area contributed by atoms with E-state index in [1.54, 1.807) is 12.1 Å². The van der Waals surface area contributed by atoms with Gasteiger partial charge in [0, 0.05) is 31.5 Å². The summed E-state index contributed by atoms with van der Waals surface area (Å²) in [5, 5.41) is 6.48. The van der Waals surface area contributed by atoms with E-state index in [1.165, 1.54) is 12.1 Å². The molecule has 0 saturated carbocycles. The third-order valence-electron chi connectivity index (χ3n) is 3.78. The topological polar surface area (TPSA) is 63.5 Å². The average molecular weight is 375 g/mol. The van der Waals surface area contributed by atoms with Gasteiger partial charge in [-0.25, -0.2) is 14.4 Å². The zero-order valence-corrected chi connectivity index (χ0v) is 16.6. The van der Waals surface area contributed by atoms with Crippen LogP contribution in [-0.2, 0) is 13.1 Å². The standard InChI is InChI=1S/C20H30FN5O/c1-5-22-20(25-13-19-23-9-10-26(19)14-15(2)3)24-12-16(4)27-18-8-6-7-17(21)11-18/h6-11,15-16H,5,12-14H2,1-4H3,(H2,22,24,25). The summed E-state index contributed by atoms with van der Waals surface area (Å²) < 4.78 is 21.1. The Morgan fingerprint density at radius 2 is 2.11 bits per heavy atom. The first kappa shape index (κ1) is 20.7. The van der Waals surface area contributed by atoms with Crippen LogP contribution in [0.1, 0.15) is 33.5 Å². The van der Waals surface area contributed by atoms with Crippen molar-refractivity contribution >= 4 is 5.96 Å². The van der Waals surface area contributed by atoms with Crippen molar-refractivity contribution in [3.05, 3.63) is 48.3 Å². The third kappa shape index (κ3) is 7.29. The Balaban J connectivity index is 1.90. The van der Waals surface area contributed by atoms with Crippen molar-refractivity contribution in [2.45, 2.75) is 46.9 Å². The van der Waals surface area contributed by atoms with Crippen LogP contribution in [-0.4, -0.2) is 34.7 Å². The van der Waals surface area contributed by atoms with E-state index in [-0.39, 0.29) is 11.9 Å². The van der Waals surface area contributed by atoms with Gasteiger partial charge in [-0.15, -0.1) is 0 Å². The van der Waals surface area contributed by atoms with Crippen LogP contribution in [0, 0.1) is 11.7 Å². The Hall–Kier alpha value is -2.57. The van der Waals surface area contributed by atoms with Gasteiger partial charge in [0.2, 0.25) is 0 Å². The SMILES string of the molecule is CCNC(=NCc1nccn1CC(C)C)NCC(C)Oc1cccc(F)c1. The maximum atomic E-state index is 13.2. The summed E-state index contributed by atoms with van der Waals surface area (Å²) in [5.74, 6) is 2.40. The molecule has 7 heteroatoms. The lowest BCUT2D eigenvalue weighted by atomic mass is 10.2. The van der Waals surface area contributed by atoms with Gasteiger partial charge in [0.05, 0.1) is 6.54 Å². The van der Waals surface area contributed by atoms with E-state index < -0.39 is 0 Å². The van der Waals surface area contributed by atoms with E-state index in [4.69, 9.17) is 4.74 Å². The number of aromatic nitrogens is 2. The lowest BCUT2D eigenvalue weighted by Crippen LogP contribution is -2.41. The lowest BCUT2D eigenvalue weighted by molar-refractivity contribution is 0.223. The fourth-order valence-corrected chi connectivity index (χ4v) is 2.60. The number of hydrogen-bond acceptors (Lipinski definition) is 3. The maximum Gasteiger partial charge on any atom is 0.191 e. The van der Waals surface area contributed by atoms with Crippen LogP contribution >= 0.6 is 0 Å². The number of aliphatic imine (C=N–C) groups is 1. The molecule has 1 aromatic heterocycles. The van der Waals surface area contributed by atoms with Gasteiger partial charge in [-0.05, 0) is 31.9 Å². The predicted molar refractivity (Wildman–Crippen MR) is 106 cm³/mol. The van der Waals surface area contributed by atoms with Crippen LogP contribution in [0.4, 0.5) is 4.39 Å². The van der Waals surface area contributed by atoms with Crippen LogP contribution in [0.15, 0.2) is 41.7 Å². The zero-order valence-electron chi connectivity index (χ0n) is 16.6. The zero-order chi connectivity index (χ0) is 19.6. The number of rotatable bonds is 9. The quantitative estimate of drug-likeness (QED) is 0.522. The largest absolute Gasteiger partial charge is 0.489 e. The molecule has 0 fully saturated rings. The Morgan fingerprint density at radius 1 is 1.30 bits per heavy atom. The van der Waals surface area contributed by atoms with Gasteiger partial charge in [-0.2, -0.15) is 0 Å². The number of benzene rings is 1.